The standard InChI is InChI=1S/C24H31N3O2/c1-4-15-26(5-2)20-13-11-19(12-14-20)23(28)25-22-18(3)9-8-10-21(22)24(29)27-16-6-7-17-27/h8-14H,4-7,15-17H2,1-3H3,(H,25,28). The van der Waals surface area contributed by atoms with Crippen LogP contribution in [0.3, 0.4) is 0 Å². The van der Waals surface area contributed by atoms with Crippen molar-refractivity contribution >= 4 is 23.2 Å². The minimum Gasteiger partial charge on any atom is -0.372 e. The monoisotopic (exact) mass is 393 g/mol. The lowest BCUT2D eigenvalue weighted by atomic mass is 10.1. The molecule has 0 radical (unpaired) electrons. The lowest BCUT2D eigenvalue weighted by Crippen LogP contribution is -2.29. The number of benzene rings is 2. The summed E-state index contributed by atoms with van der Waals surface area (Å²) in [5.74, 6) is -0.199. The zero-order chi connectivity index (χ0) is 20.8. The molecule has 0 aromatic heterocycles. The van der Waals surface area contributed by atoms with Gasteiger partial charge in [0.2, 0.25) is 0 Å². The molecule has 1 aliphatic rings. The molecule has 1 N–H and O–H groups in total. The highest BCUT2D eigenvalue weighted by atomic mass is 16.2. The number of anilines is 2. The molecular formula is C24H31N3O2. The number of nitrogens with zero attached hydrogens (tertiary/aromatic N) is 2. The van der Waals surface area contributed by atoms with E-state index in [1.165, 1.54) is 0 Å². The van der Waals surface area contributed by atoms with Gasteiger partial charge in [0.15, 0.2) is 0 Å². The van der Waals surface area contributed by atoms with Gasteiger partial charge in [-0.15, -0.1) is 0 Å². The van der Waals surface area contributed by atoms with Gasteiger partial charge in [0.25, 0.3) is 11.8 Å². The first-order valence-corrected chi connectivity index (χ1v) is 10.6. The highest BCUT2D eigenvalue weighted by Crippen LogP contribution is 2.25. The summed E-state index contributed by atoms with van der Waals surface area (Å²) in [7, 11) is 0. The van der Waals surface area contributed by atoms with Crippen LogP contribution >= 0.6 is 0 Å². The number of carbonyl (C=O) groups is 2. The van der Waals surface area contributed by atoms with Crippen LogP contribution in [0.2, 0.25) is 0 Å². The predicted molar refractivity (Wildman–Crippen MR) is 119 cm³/mol. The van der Waals surface area contributed by atoms with Crippen LogP contribution in [-0.4, -0.2) is 42.9 Å². The van der Waals surface area contributed by atoms with Crippen LogP contribution in [0, 0.1) is 6.92 Å². The van der Waals surface area contributed by atoms with Crippen LogP contribution in [0.25, 0.3) is 0 Å². The fourth-order valence-corrected chi connectivity index (χ4v) is 3.85. The second kappa shape index (κ2) is 9.59. The predicted octanol–water partition coefficient (Wildman–Crippen LogP) is 4.72. The molecule has 0 atom stereocenters. The largest absolute Gasteiger partial charge is 0.372 e. The summed E-state index contributed by atoms with van der Waals surface area (Å²) < 4.78 is 0. The summed E-state index contributed by atoms with van der Waals surface area (Å²) >= 11 is 0. The van der Waals surface area contributed by atoms with Crippen molar-refractivity contribution in [3.8, 4) is 0 Å². The number of aryl methyl sites for hydroxylation is 1. The third kappa shape index (κ3) is 4.78. The molecule has 29 heavy (non-hydrogen) atoms. The molecule has 2 aromatic carbocycles. The smallest absolute Gasteiger partial charge is 0.255 e. The fourth-order valence-electron chi connectivity index (χ4n) is 3.85. The zero-order valence-corrected chi connectivity index (χ0v) is 17.7. The Morgan fingerprint density at radius 1 is 1.03 bits per heavy atom. The van der Waals surface area contributed by atoms with E-state index in [2.05, 4.69) is 24.1 Å². The Morgan fingerprint density at radius 2 is 1.72 bits per heavy atom. The number of para-hydroxylation sites is 1. The second-order valence-electron chi connectivity index (χ2n) is 7.58. The van der Waals surface area contributed by atoms with Crippen molar-refractivity contribution in [2.45, 2.75) is 40.0 Å². The van der Waals surface area contributed by atoms with Crippen molar-refractivity contribution in [3.63, 3.8) is 0 Å². The van der Waals surface area contributed by atoms with Gasteiger partial charge in [-0.05, 0) is 69.0 Å². The third-order valence-corrected chi connectivity index (χ3v) is 5.50. The van der Waals surface area contributed by atoms with Crippen LogP contribution in [0.5, 0.6) is 0 Å². The summed E-state index contributed by atoms with van der Waals surface area (Å²) in [5, 5.41) is 2.99. The first-order chi connectivity index (χ1) is 14.0. The van der Waals surface area contributed by atoms with Gasteiger partial charge >= 0.3 is 0 Å². The molecule has 0 unspecified atom stereocenters. The molecule has 154 valence electrons. The van der Waals surface area contributed by atoms with E-state index in [-0.39, 0.29) is 11.8 Å². The molecule has 0 spiro atoms. The van der Waals surface area contributed by atoms with Crippen molar-refractivity contribution in [2.24, 2.45) is 0 Å². The Balaban J connectivity index is 1.79. The molecule has 5 heteroatoms. The van der Waals surface area contributed by atoms with Gasteiger partial charge in [0.1, 0.15) is 0 Å². The number of likely N-dealkylation sites (tertiary alicyclic amines) is 1. The Kier molecular flexibility index (Phi) is 6.91. The van der Waals surface area contributed by atoms with E-state index in [4.69, 9.17) is 0 Å². The third-order valence-electron chi connectivity index (χ3n) is 5.50. The molecule has 5 nitrogen and oxygen atoms in total. The van der Waals surface area contributed by atoms with E-state index >= 15 is 0 Å². The van der Waals surface area contributed by atoms with Crippen LogP contribution in [-0.2, 0) is 0 Å². The van der Waals surface area contributed by atoms with Gasteiger partial charge in [-0.2, -0.15) is 0 Å². The number of rotatable bonds is 7. The number of carbonyl (C=O) groups excluding carboxylic acids is 2. The highest BCUT2D eigenvalue weighted by molar-refractivity contribution is 6.09. The van der Waals surface area contributed by atoms with Crippen molar-refractivity contribution in [1.82, 2.24) is 4.90 Å². The van der Waals surface area contributed by atoms with Gasteiger partial charge in [0, 0.05) is 37.4 Å². The van der Waals surface area contributed by atoms with Crippen molar-refractivity contribution in [3.05, 3.63) is 59.2 Å². The molecule has 0 saturated carbocycles. The molecule has 0 aliphatic carbocycles. The van der Waals surface area contributed by atoms with E-state index < -0.39 is 0 Å². The zero-order valence-electron chi connectivity index (χ0n) is 17.7. The Hall–Kier alpha value is -2.82. The maximum atomic E-state index is 12.9. The summed E-state index contributed by atoms with van der Waals surface area (Å²) in [6.45, 7) is 9.71. The number of nitrogens with one attached hydrogen (secondary N) is 1. The van der Waals surface area contributed by atoms with E-state index in [0.717, 1.165) is 56.7 Å². The lowest BCUT2D eigenvalue weighted by molar-refractivity contribution is 0.0794. The normalized spacial score (nSPS) is 13.4. The van der Waals surface area contributed by atoms with E-state index in [1.54, 1.807) is 6.07 Å². The molecule has 1 heterocycles. The molecule has 3 rings (SSSR count). The number of hydrogen-bond acceptors (Lipinski definition) is 3. The van der Waals surface area contributed by atoms with E-state index in [0.29, 0.717) is 16.8 Å². The van der Waals surface area contributed by atoms with Crippen LogP contribution in [0.15, 0.2) is 42.5 Å². The number of hydrogen-bond donors (Lipinski definition) is 1. The molecule has 1 aliphatic heterocycles. The minimum absolute atomic E-state index is 0.00463. The van der Waals surface area contributed by atoms with Gasteiger partial charge in [-0.3, -0.25) is 9.59 Å². The maximum absolute atomic E-state index is 12.9. The van der Waals surface area contributed by atoms with Crippen LogP contribution in [0.4, 0.5) is 11.4 Å². The van der Waals surface area contributed by atoms with Gasteiger partial charge in [0.05, 0.1) is 11.3 Å². The van der Waals surface area contributed by atoms with Crippen molar-refractivity contribution in [2.75, 3.05) is 36.4 Å². The lowest BCUT2D eigenvalue weighted by Gasteiger charge is -2.22. The number of amides is 2. The molecule has 1 fully saturated rings. The Labute approximate surface area is 173 Å². The van der Waals surface area contributed by atoms with E-state index in [1.807, 2.05) is 48.2 Å². The van der Waals surface area contributed by atoms with Gasteiger partial charge in [-0.25, -0.2) is 0 Å². The summed E-state index contributed by atoms with van der Waals surface area (Å²) in [6.07, 6.45) is 3.16. The Bertz CT molecular complexity index is 855. The summed E-state index contributed by atoms with van der Waals surface area (Å²) in [6, 6.07) is 13.3. The molecule has 1 saturated heterocycles. The molecular weight excluding hydrogens is 362 g/mol. The van der Waals surface area contributed by atoms with Gasteiger partial charge in [-0.1, -0.05) is 19.1 Å². The van der Waals surface area contributed by atoms with Gasteiger partial charge < -0.3 is 15.1 Å². The molecule has 0 bridgehead atoms. The van der Waals surface area contributed by atoms with Crippen LogP contribution < -0.4 is 10.2 Å². The maximum Gasteiger partial charge on any atom is 0.255 e. The first kappa shape index (κ1) is 20.9. The quantitative estimate of drug-likeness (QED) is 0.740. The van der Waals surface area contributed by atoms with Crippen LogP contribution in [0.1, 0.15) is 59.4 Å². The minimum atomic E-state index is -0.195. The average Bonchev–Trinajstić information content (AvgIpc) is 3.28. The summed E-state index contributed by atoms with van der Waals surface area (Å²) in [5.41, 5.74) is 3.77. The van der Waals surface area contributed by atoms with E-state index in [9.17, 15) is 9.59 Å². The first-order valence-electron chi connectivity index (χ1n) is 10.6. The second-order valence-corrected chi connectivity index (χ2v) is 7.58. The van der Waals surface area contributed by atoms with Crippen molar-refractivity contribution < 1.29 is 9.59 Å². The van der Waals surface area contributed by atoms with Crippen molar-refractivity contribution in [1.29, 1.82) is 0 Å². The SMILES string of the molecule is CCCN(CC)c1ccc(C(=O)Nc2c(C)cccc2C(=O)N2CCCC2)cc1. The average molecular weight is 394 g/mol. The highest BCUT2D eigenvalue weighted by Gasteiger charge is 2.23. The summed E-state index contributed by atoms with van der Waals surface area (Å²) in [4.78, 5) is 30.0. The fraction of sp³-hybridized carbons (Fsp3) is 0.417. The topological polar surface area (TPSA) is 52.7 Å². The Morgan fingerprint density at radius 3 is 2.34 bits per heavy atom. The molecule has 2 aromatic rings. The molecule has 2 amide bonds.